The van der Waals surface area contributed by atoms with Gasteiger partial charge in [0.15, 0.2) is 5.16 Å². The number of aromatic amines is 1. The molecule has 4 N–H and O–H groups in total. The first-order chi connectivity index (χ1) is 10.1. The summed E-state index contributed by atoms with van der Waals surface area (Å²) in [7, 11) is 0. The van der Waals surface area contributed by atoms with E-state index >= 15 is 0 Å². The van der Waals surface area contributed by atoms with Gasteiger partial charge in [-0.05, 0) is 11.4 Å². The van der Waals surface area contributed by atoms with Crippen LogP contribution in [0.4, 0.5) is 10.8 Å². The highest BCUT2D eigenvalue weighted by Crippen LogP contribution is 2.22. The third-order valence-corrected chi connectivity index (χ3v) is 4.05. The summed E-state index contributed by atoms with van der Waals surface area (Å²) in [5.41, 5.74) is 5.58. The quantitative estimate of drug-likeness (QED) is 0.565. The number of nitrogens with two attached hydrogens (primary N) is 1. The highest BCUT2D eigenvalue weighted by Gasteiger charge is 2.08. The Labute approximate surface area is 128 Å². The zero-order chi connectivity index (χ0) is 15.2. The van der Waals surface area contributed by atoms with Crippen LogP contribution in [0, 0.1) is 11.3 Å². The van der Waals surface area contributed by atoms with Crippen molar-refractivity contribution in [2.24, 2.45) is 0 Å². The number of rotatable bonds is 5. The summed E-state index contributed by atoms with van der Waals surface area (Å²) in [5.74, 6) is 0.376. The molecule has 0 spiro atoms. The zero-order valence-electron chi connectivity index (χ0n) is 10.8. The van der Waals surface area contributed by atoms with Gasteiger partial charge in [0.1, 0.15) is 16.9 Å². The number of amides is 1. The Morgan fingerprint density at radius 1 is 1.62 bits per heavy atom. The maximum Gasteiger partial charge on any atom is 0.253 e. The Hall–Kier alpha value is -2.31. The summed E-state index contributed by atoms with van der Waals surface area (Å²) in [6.45, 7) is 0. The van der Waals surface area contributed by atoms with Crippen molar-refractivity contribution in [3.05, 3.63) is 33.4 Å². The lowest BCUT2D eigenvalue weighted by Gasteiger charge is -2.03. The van der Waals surface area contributed by atoms with Crippen molar-refractivity contribution in [3.8, 4) is 6.07 Å². The Balaban J connectivity index is 1.85. The molecule has 2 heterocycles. The van der Waals surface area contributed by atoms with Crippen LogP contribution in [-0.4, -0.2) is 21.6 Å². The van der Waals surface area contributed by atoms with Crippen molar-refractivity contribution < 1.29 is 4.79 Å². The number of aromatic nitrogens is 2. The van der Waals surface area contributed by atoms with E-state index in [-0.39, 0.29) is 23.7 Å². The molecule has 0 bridgehead atoms. The second-order valence-corrected chi connectivity index (χ2v) is 5.90. The maximum atomic E-state index is 11.8. The minimum absolute atomic E-state index is 0.142. The summed E-state index contributed by atoms with van der Waals surface area (Å²) in [5, 5.41) is 14.2. The summed E-state index contributed by atoms with van der Waals surface area (Å²) >= 11 is 2.53. The van der Waals surface area contributed by atoms with Gasteiger partial charge in [0, 0.05) is 18.2 Å². The molecule has 0 saturated heterocycles. The van der Waals surface area contributed by atoms with Gasteiger partial charge in [-0.2, -0.15) is 5.26 Å². The SMILES string of the molecule is N#Cc1ccsc1NC(=O)CCSc1nc(N)cc(=O)[nH]1. The molecule has 2 aromatic rings. The molecule has 0 aliphatic rings. The normalized spacial score (nSPS) is 10.0. The molecule has 108 valence electrons. The van der Waals surface area contributed by atoms with E-state index in [1.807, 2.05) is 6.07 Å². The molecule has 0 atom stereocenters. The largest absolute Gasteiger partial charge is 0.383 e. The minimum atomic E-state index is -0.327. The average molecular weight is 321 g/mol. The molecule has 0 aliphatic heterocycles. The fourth-order valence-electron chi connectivity index (χ4n) is 1.45. The number of nitrogens with one attached hydrogen (secondary N) is 2. The smallest absolute Gasteiger partial charge is 0.253 e. The van der Waals surface area contributed by atoms with Gasteiger partial charge in [0.25, 0.3) is 5.56 Å². The number of anilines is 2. The minimum Gasteiger partial charge on any atom is -0.383 e. The van der Waals surface area contributed by atoms with E-state index in [0.717, 1.165) is 0 Å². The first kappa shape index (κ1) is 15.1. The average Bonchev–Trinajstić information content (AvgIpc) is 2.84. The summed E-state index contributed by atoms with van der Waals surface area (Å²) in [6, 6.07) is 4.84. The highest BCUT2D eigenvalue weighted by molar-refractivity contribution is 7.99. The number of hydrogen-bond acceptors (Lipinski definition) is 7. The number of hydrogen-bond donors (Lipinski definition) is 3. The molecule has 2 rings (SSSR count). The van der Waals surface area contributed by atoms with Gasteiger partial charge in [-0.1, -0.05) is 11.8 Å². The molecule has 21 heavy (non-hydrogen) atoms. The maximum absolute atomic E-state index is 11.8. The van der Waals surface area contributed by atoms with Gasteiger partial charge in [-0.15, -0.1) is 11.3 Å². The van der Waals surface area contributed by atoms with E-state index in [2.05, 4.69) is 15.3 Å². The van der Waals surface area contributed by atoms with Crippen LogP contribution >= 0.6 is 23.1 Å². The molecule has 9 heteroatoms. The molecule has 7 nitrogen and oxygen atoms in total. The predicted molar refractivity (Wildman–Crippen MR) is 82.3 cm³/mol. The number of H-pyrrole nitrogens is 1. The topological polar surface area (TPSA) is 125 Å². The Morgan fingerprint density at radius 2 is 2.43 bits per heavy atom. The van der Waals surface area contributed by atoms with E-state index in [1.54, 1.807) is 11.4 Å². The predicted octanol–water partition coefficient (Wildman–Crippen LogP) is 1.41. The number of nitrogens with zero attached hydrogens (tertiary/aromatic N) is 2. The summed E-state index contributed by atoms with van der Waals surface area (Å²) in [4.78, 5) is 29.4. The first-order valence-corrected chi connectivity index (χ1v) is 7.72. The molecule has 0 unspecified atom stereocenters. The number of carbonyl (C=O) groups excluding carboxylic acids is 1. The van der Waals surface area contributed by atoms with Crippen LogP contribution in [0.1, 0.15) is 12.0 Å². The van der Waals surface area contributed by atoms with Crippen LogP contribution in [0.15, 0.2) is 27.5 Å². The lowest BCUT2D eigenvalue weighted by atomic mass is 10.3. The van der Waals surface area contributed by atoms with Gasteiger partial charge in [0.05, 0.1) is 5.56 Å². The van der Waals surface area contributed by atoms with Crippen LogP contribution < -0.4 is 16.6 Å². The number of thioether (sulfide) groups is 1. The van der Waals surface area contributed by atoms with Crippen LogP contribution in [0.5, 0.6) is 0 Å². The monoisotopic (exact) mass is 321 g/mol. The van der Waals surface area contributed by atoms with Crippen LogP contribution in [0.25, 0.3) is 0 Å². The second-order valence-electron chi connectivity index (χ2n) is 3.90. The summed E-state index contributed by atoms with van der Waals surface area (Å²) in [6.07, 6.45) is 0.228. The number of nitriles is 1. The third kappa shape index (κ3) is 4.34. The van der Waals surface area contributed by atoms with Gasteiger partial charge in [-0.25, -0.2) is 4.98 Å². The van der Waals surface area contributed by atoms with Crippen molar-refractivity contribution in [2.45, 2.75) is 11.6 Å². The lowest BCUT2D eigenvalue weighted by molar-refractivity contribution is -0.115. The Morgan fingerprint density at radius 3 is 3.14 bits per heavy atom. The van der Waals surface area contributed by atoms with Gasteiger partial charge < -0.3 is 16.0 Å². The number of carbonyl (C=O) groups is 1. The van der Waals surface area contributed by atoms with Gasteiger partial charge in [0.2, 0.25) is 5.91 Å². The molecular weight excluding hydrogens is 310 g/mol. The molecule has 0 aromatic carbocycles. The van der Waals surface area contributed by atoms with Gasteiger partial charge >= 0.3 is 0 Å². The van der Waals surface area contributed by atoms with E-state index < -0.39 is 0 Å². The van der Waals surface area contributed by atoms with E-state index in [0.29, 0.717) is 21.5 Å². The molecule has 0 aliphatic carbocycles. The molecular formula is C12H11N5O2S2. The second kappa shape index (κ2) is 6.92. The fraction of sp³-hybridized carbons (Fsp3) is 0.167. The van der Waals surface area contributed by atoms with E-state index in [1.165, 1.54) is 29.2 Å². The molecule has 0 saturated carbocycles. The van der Waals surface area contributed by atoms with Gasteiger partial charge in [-0.3, -0.25) is 9.59 Å². The molecule has 1 amide bonds. The molecule has 2 aromatic heterocycles. The zero-order valence-corrected chi connectivity index (χ0v) is 12.4. The van der Waals surface area contributed by atoms with Crippen molar-refractivity contribution in [3.63, 3.8) is 0 Å². The first-order valence-electron chi connectivity index (χ1n) is 5.85. The lowest BCUT2D eigenvalue weighted by Crippen LogP contribution is -2.13. The third-order valence-electron chi connectivity index (χ3n) is 2.35. The van der Waals surface area contributed by atoms with E-state index in [9.17, 15) is 9.59 Å². The van der Waals surface area contributed by atoms with Crippen molar-refractivity contribution >= 4 is 39.8 Å². The van der Waals surface area contributed by atoms with Crippen LogP contribution in [-0.2, 0) is 4.79 Å². The molecule has 0 fully saturated rings. The highest BCUT2D eigenvalue weighted by atomic mass is 32.2. The summed E-state index contributed by atoms with van der Waals surface area (Å²) < 4.78 is 0. The van der Waals surface area contributed by atoms with Crippen molar-refractivity contribution in [2.75, 3.05) is 16.8 Å². The molecule has 0 radical (unpaired) electrons. The Kier molecular flexibility index (Phi) is 4.97. The van der Waals surface area contributed by atoms with Crippen molar-refractivity contribution in [1.29, 1.82) is 5.26 Å². The van der Waals surface area contributed by atoms with Crippen LogP contribution in [0.3, 0.4) is 0 Å². The van der Waals surface area contributed by atoms with E-state index in [4.69, 9.17) is 11.0 Å². The standard InChI is InChI=1S/C12H11N5O2S2/c13-6-7-1-3-20-11(7)16-9(18)2-4-21-12-15-8(14)5-10(19)17-12/h1,3,5H,2,4H2,(H,16,18)(H3,14,15,17,19). The van der Waals surface area contributed by atoms with Crippen LogP contribution in [0.2, 0.25) is 0 Å². The fourth-order valence-corrected chi connectivity index (χ4v) is 3.02. The number of thiophene rings is 1. The Bertz CT molecular complexity index is 747. The number of nitrogen functional groups attached to an aromatic ring is 1. The van der Waals surface area contributed by atoms with Crippen molar-refractivity contribution in [1.82, 2.24) is 9.97 Å².